The lowest BCUT2D eigenvalue weighted by atomic mass is 10.1. The second kappa shape index (κ2) is 5.47. The first kappa shape index (κ1) is 14.3. The number of nitrogens with two attached hydrogens (primary N) is 1. The Hall–Kier alpha value is -1.13. The highest BCUT2D eigenvalue weighted by molar-refractivity contribution is 7.12. The molecule has 0 saturated heterocycles. The molecule has 2 unspecified atom stereocenters. The molecule has 3 nitrogen and oxygen atoms in total. The highest BCUT2D eigenvalue weighted by atomic mass is 32.1. The zero-order valence-corrected chi connectivity index (χ0v) is 13.2. The van der Waals surface area contributed by atoms with Gasteiger partial charge in [-0.2, -0.15) is 5.10 Å². The minimum absolute atomic E-state index is 0.0424. The van der Waals surface area contributed by atoms with Crippen molar-refractivity contribution < 1.29 is 0 Å². The average Bonchev–Trinajstić information content (AvgIpc) is 2.85. The fourth-order valence-corrected chi connectivity index (χ4v) is 3.77. The van der Waals surface area contributed by atoms with Crippen molar-refractivity contribution in [2.24, 2.45) is 5.73 Å². The van der Waals surface area contributed by atoms with Crippen molar-refractivity contribution in [3.8, 4) is 0 Å². The van der Waals surface area contributed by atoms with Crippen molar-refractivity contribution in [2.75, 3.05) is 0 Å². The molecule has 0 aliphatic rings. The molecule has 0 aromatic carbocycles. The summed E-state index contributed by atoms with van der Waals surface area (Å²) in [5, 5.41) is 4.73. The van der Waals surface area contributed by atoms with Gasteiger partial charge in [0.05, 0.1) is 5.69 Å². The molecule has 0 radical (unpaired) electrons. The normalized spacial score (nSPS) is 14.6. The topological polar surface area (TPSA) is 43.8 Å². The second-order valence-corrected chi connectivity index (χ2v) is 6.52. The Morgan fingerprint density at radius 1 is 1.32 bits per heavy atom. The summed E-state index contributed by atoms with van der Waals surface area (Å²) in [7, 11) is 0. The molecule has 0 amide bonds. The summed E-state index contributed by atoms with van der Waals surface area (Å²) >= 11 is 1.81. The third-order valence-electron chi connectivity index (χ3n) is 3.64. The molecule has 2 aromatic heterocycles. The molecule has 2 N–H and O–H groups in total. The smallest absolute Gasteiger partial charge is 0.101 e. The molecule has 0 bridgehead atoms. The first-order valence-electron chi connectivity index (χ1n) is 6.82. The largest absolute Gasteiger partial charge is 0.326 e. The van der Waals surface area contributed by atoms with Gasteiger partial charge in [-0.3, -0.25) is 4.68 Å². The highest BCUT2D eigenvalue weighted by Crippen LogP contribution is 2.30. The van der Waals surface area contributed by atoms with E-state index in [9.17, 15) is 0 Å². The molecule has 0 fully saturated rings. The van der Waals surface area contributed by atoms with Gasteiger partial charge in [-0.25, -0.2) is 0 Å². The lowest BCUT2D eigenvalue weighted by molar-refractivity contribution is 0.449. The van der Waals surface area contributed by atoms with Gasteiger partial charge in [0.25, 0.3) is 0 Å². The molecule has 2 rings (SSSR count). The summed E-state index contributed by atoms with van der Waals surface area (Å²) in [5.74, 6) is 0. The van der Waals surface area contributed by atoms with Crippen molar-refractivity contribution in [1.29, 1.82) is 0 Å². The van der Waals surface area contributed by atoms with Crippen LogP contribution < -0.4 is 5.73 Å². The Labute approximate surface area is 119 Å². The number of rotatable bonds is 4. The fourth-order valence-electron chi connectivity index (χ4n) is 2.69. The van der Waals surface area contributed by atoms with Crippen LogP contribution in [0, 0.1) is 20.8 Å². The lowest BCUT2D eigenvalue weighted by Crippen LogP contribution is -2.31. The third-order valence-corrected chi connectivity index (χ3v) is 4.71. The number of hydrogen-bond acceptors (Lipinski definition) is 3. The molecule has 4 heteroatoms. The van der Waals surface area contributed by atoms with Crippen LogP contribution >= 0.6 is 11.3 Å². The minimum Gasteiger partial charge on any atom is -0.326 e. The summed E-state index contributed by atoms with van der Waals surface area (Å²) in [6.07, 6.45) is 1.02. The predicted molar refractivity (Wildman–Crippen MR) is 81.9 cm³/mol. The Kier molecular flexibility index (Phi) is 4.11. The van der Waals surface area contributed by atoms with E-state index in [1.165, 1.54) is 21.0 Å². The third kappa shape index (κ3) is 2.60. The summed E-state index contributed by atoms with van der Waals surface area (Å²) in [5.41, 5.74) is 9.94. The summed E-state index contributed by atoms with van der Waals surface area (Å²) in [4.78, 5) is 2.61. The van der Waals surface area contributed by atoms with Crippen LogP contribution in [0.25, 0.3) is 0 Å². The van der Waals surface area contributed by atoms with Crippen molar-refractivity contribution in [3.63, 3.8) is 0 Å². The molecular weight excluding hydrogens is 254 g/mol. The van der Waals surface area contributed by atoms with E-state index in [2.05, 4.69) is 51.4 Å². The van der Waals surface area contributed by atoms with Crippen molar-refractivity contribution in [1.82, 2.24) is 9.78 Å². The van der Waals surface area contributed by atoms with Crippen LogP contribution in [0.1, 0.15) is 46.6 Å². The van der Waals surface area contributed by atoms with E-state index in [0.29, 0.717) is 0 Å². The van der Waals surface area contributed by atoms with Gasteiger partial charge in [0.2, 0.25) is 0 Å². The van der Waals surface area contributed by atoms with Gasteiger partial charge < -0.3 is 5.73 Å². The van der Waals surface area contributed by atoms with Crippen LogP contribution in [0.5, 0.6) is 0 Å². The number of aromatic nitrogens is 2. The van der Waals surface area contributed by atoms with Crippen LogP contribution in [0.4, 0.5) is 0 Å². The van der Waals surface area contributed by atoms with Crippen LogP contribution in [0.2, 0.25) is 0 Å². The van der Waals surface area contributed by atoms with Gasteiger partial charge in [0.1, 0.15) is 6.04 Å². The van der Waals surface area contributed by atoms with E-state index in [4.69, 9.17) is 10.8 Å². The molecule has 0 saturated carbocycles. The monoisotopic (exact) mass is 277 g/mol. The minimum atomic E-state index is 0.0424. The van der Waals surface area contributed by atoms with Crippen LogP contribution in [0.3, 0.4) is 0 Å². The van der Waals surface area contributed by atoms with E-state index in [0.717, 1.165) is 12.1 Å². The van der Waals surface area contributed by atoms with Gasteiger partial charge >= 0.3 is 0 Å². The van der Waals surface area contributed by atoms with E-state index >= 15 is 0 Å². The molecule has 2 aromatic rings. The van der Waals surface area contributed by atoms with Gasteiger partial charge in [0, 0.05) is 21.5 Å². The highest BCUT2D eigenvalue weighted by Gasteiger charge is 2.24. The fraction of sp³-hybridized carbons (Fsp3) is 0.533. The maximum absolute atomic E-state index is 6.23. The molecule has 19 heavy (non-hydrogen) atoms. The Morgan fingerprint density at radius 2 is 2.00 bits per heavy atom. The quantitative estimate of drug-likeness (QED) is 0.931. The number of hydrogen-bond donors (Lipinski definition) is 1. The Morgan fingerprint density at radius 3 is 2.42 bits per heavy atom. The Bertz CT molecular complexity index is 566. The lowest BCUT2D eigenvalue weighted by Gasteiger charge is -2.22. The average molecular weight is 277 g/mol. The Balaban J connectivity index is 2.51. The zero-order chi connectivity index (χ0) is 14.2. The van der Waals surface area contributed by atoms with Gasteiger partial charge in [-0.05, 0) is 51.8 Å². The van der Waals surface area contributed by atoms with E-state index < -0.39 is 0 Å². The molecule has 104 valence electrons. The van der Waals surface area contributed by atoms with Crippen LogP contribution in [0.15, 0.2) is 12.1 Å². The van der Waals surface area contributed by atoms with Gasteiger partial charge in [-0.15, -0.1) is 11.3 Å². The molecule has 2 heterocycles. The standard InChI is InChI=1S/C15H23N3S/c1-6-13-11(4)17-18(12(13)5)15(10(3)16)14-8-7-9(2)19-14/h7-8,10,15H,6,16H2,1-5H3. The van der Waals surface area contributed by atoms with Crippen molar-refractivity contribution >= 4 is 11.3 Å². The summed E-state index contributed by atoms with van der Waals surface area (Å²) in [6.45, 7) is 10.6. The number of aryl methyl sites for hydroxylation is 2. The first-order chi connectivity index (χ1) is 8.95. The summed E-state index contributed by atoms with van der Waals surface area (Å²) in [6, 6.07) is 4.51. The first-order valence-corrected chi connectivity index (χ1v) is 7.63. The van der Waals surface area contributed by atoms with Crippen molar-refractivity contribution in [2.45, 2.75) is 53.1 Å². The van der Waals surface area contributed by atoms with E-state index in [1.807, 2.05) is 11.3 Å². The molecule has 0 aliphatic carbocycles. The van der Waals surface area contributed by atoms with Crippen LogP contribution in [-0.2, 0) is 6.42 Å². The van der Waals surface area contributed by atoms with Crippen LogP contribution in [-0.4, -0.2) is 15.8 Å². The molecule has 0 aliphatic heterocycles. The number of nitrogens with zero attached hydrogens (tertiary/aromatic N) is 2. The number of thiophene rings is 1. The van der Waals surface area contributed by atoms with Crippen molar-refractivity contribution in [3.05, 3.63) is 38.8 Å². The van der Waals surface area contributed by atoms with E-state index in [-0.39, 0.29) is 12.1 Å². The zero-order valence-electron chi connectivity index (χ0n) is 12.4. The SMILES string of the molecule is CCc1c(C)nn(C(c2ccc(C)s2)C(C)N)c1C. The predicted octanol–water partition coefficient (Wildman–Crippen LogP) is 3.37. The maximum atomic E-state index is 6.23. The van der Waals surface area contributed by atoms with E-state index in [1.54, 1.807) is 0 Å². The maximum Gasteiger partial charge on any atom is 0.101 e. The molecular formula is C15H23N3S. The molecule has 2 atom stereocenters. The summed E-state index contributed by atoms with van der Waals surface area (Å²) < 4.78 is 2.12. The van der Waals surface area contributed by atoms with Gasteiger partial charge in [-0.1, -0.05) is 6.92 Å². The second-order valence-electron chi connectivity index (χ2n) is 5.20. The molecule has 0 spiro atoms. The van der Waals surface area contributed by atoms with Gasteiger partial charge in [0.15, 0.2) is 0 Å².